The van der Waals surface area contributed by atoms with Crippen molar-refractivity contribution in [3.8, 4) is 0 Å². The summed E-state index contributed by atoms with van der Waals surface area (Å²) < 4.78 is 0. The highest BCUT2D eigenvalue weighted by atomic mass is 16.6. The van der Waals surface area contributed by atoms with Crippen LogP contribution in [0.25, 0.3) is 0 Å². The second-order valence-electron chi connectivity index (χ2n) is 2.85. The Bertz CT molecular complexity index is 395. The number of rotatable bonds is 5. The maximum absolute atomic E-state index is 10.6. The average Bonchev–Trinajstić information content (AvgIpc) is 2.24. The molecule has 0 aliphatic rings. The van der Waals surface area contributed by atoms with Crippen LogP contribution in [0, 0.1) is 10.1 Å². The van der Waals surface area contributed by atoms with Crippen molar-refractivity contribution in [1.82, 2.24) is 10.3 Å². The van der Waals surface area contributed by atoms with E-state index in [1.807, 2.05) is 0 Å². The number of amides is 2. The van der Waals surface area contributed by atoms with Gasteiger partial charge in [0.15, 0.2) is 0 Å². The zero-order valence-electron chi connectivity index (χ0n) is 8.34. The topological polar surface area (TPSA) is 123 Å². The summed E-state index contributed by atoms with van der Waals surface area (Å²) in [6, 6.07) is 2.48. The lowest BCUT2D eigenvalue weighted by molar-refractivity contribution is -0.388. The van der Waals surface area contributed by atoms with Crippen LogP contribution in [0.4, 0.5) is 16.3 Å². The van der Waals surface area contributed by atoms with Crippen LogP contribution in [0.3, 0.4) is 0 Å². The molecule has 0 aromatic carbocycles. The monoisotopic (exact) mass is 225 g/mol. The number of nitrogens with two attached hydrogens (primary N) is 1. The molecule has 0 saturated carbocycles. The van der Waals surface area contributed by atoms with Crippen molar-refractivity contribution in [3.63, 3.8) is 0 Å². The zero-order valence-corrected chi connectivity index (χ0v) is 8.34. The third-order valence-corrected chi connectivity index (χ3v) is 1.70. The molecule has 0 atom stereocenters. The van der Waals surface area contributed by atoms with E-state index in [4.69, 9.17) is 5.73 Å². The molecule has 0 fully saturated rings. The Labute approximate surface area is 91.0 Å². The largest absolute Gasteiger partial charge is 0.386 e. The molecule has 2 amide bonds. The summed E-state index contributed by atoms with van der Waals surface area (Å²) in [7, 11) is 0. The molecule has 0 unspecified atom stereocenters. The van der Waals surface area contributed by atoms with Crippen LogP contribution in [-0.2, 0) is 0 Å². The number of aromatic nitrogens is 1. The highest BCUT2D eigenvalue weighted by Gasteiger charge is 2.12. The van der Waals surface area contributed by atoms with Crippen LogP contribution < -0.4 is 16.4 Å². The van der Waals surface area contributed by atoms with Crippen LogP contribution in [0.5, 0.6) is 0 Å². The van der Waals surface area contributed by atoms with E-state index in [9.17, 15) is 14.9 Å². The van der Waals surface area contributed by atoms with Gasteiger partial charge in [-0.2, -0.15) is 0 Å². The van der Waals surface area contributed by atoms with Crippen molar-refractivity contribution in [2.45, 2.75) is 0 Å². The SMILES string of the molecule is NC(=O)NCCNc1cccnc1[N+](=O)[O-]. The summed E-state index contributed by atoms with van der Waals surface area (Å²) in [6.45, 7) is 0.608. The first-order chi connectivity index (χ1) is 7.61. The third-order valence-electron chi connectivity index (χ3n) is 1.70. The van der Waals surface area contributed by atoms with E-state index < -0.39 is 11.0 Å². The first-order valence-electron chi connectivity index (χ1n) is 4.48. The molecule has 1 aromatic heterocycles. The van der Waals surface area contributed by atoms with E-state index in [1.165, 1.54) is 12.3 Å². The van der Waals surface area contributed by atoms with Gasteiger partial charge >= 0.3 is 11.8 Å². The molecule has 16 heavy (non-hydrogen) atoms. The second kappa shape index (κ2) is 5.49. The second-order valence-corrected chi connectivity index (χ2v) is 2.85. The number of hydrogen-bond acceptors (Lipinski definition) is 5. The third kappa shape index (κ3) is 3.40. The van der Waals surface area contributed by atoms with Gasteiger partial charge in [0.05, 0.1) is 0 Å². The number of nitrogens with one attached hydrogen (secondary N) is 2. The molecule has 8 nitrogen and oxygen atoms in total. The maximum atomic E-state index is 10.6. The number of carbonyl (C=O) groups is 1. The zero-order chi connectivity index (χ0) is 12.0. The standard InChI is InChI=1S/C8H11N5O3/c9-8(14)12-5-4-10-6-2-1-3-11-7(6)13(15)16/h1-3,10H,4-5H2,(H3,9,12,14). The molecule has 0 bridgehead atoms. The summed E-state index contributed by atoms with van der Waals surface area (Å²) in [5, 5.41) is 15.7. The number of carbonyl (C=O) groups excluding carboxylic acids is 1. The number of pyridine rings is 1. The van der Waals surface area contributed by atoms with E-state index in [1.54, 1.807) is 6.07 Å². The summed E-state index contributed by atoms with van der Waals surface area (Å²) in [4.78, 5) is 24.0. The van der Waals surface area contributed by atoms with Crippen molar-refractivity contribution < 1.29 is 9.72 Å². The predicted octanol–water partition coefficient (Wildman–Crippen LogP) is 0.0700. The molecule has 0 aliphatic heterocycles. The Hall–Kier alpha value is -2.38. The molecule has 0 saturated heterocycles. The molecule has 0 aliphatic carbocycles. The lowest BCUT2D eigenvalue weighted by Crippen LogP contribution is -2.33. The van der Waals surface area contributed by atoms with Gasteiger partial charge in [0.1, 0.15) is 11.9 Å². The number of anilines is 1. The number of urea groups is 1. The minimum Gasteiger partial charge on any atom is -0.376 e. The van der Waals surface area contributed by atoms with Crippen molar-refractivity contribution in [2.24, 2.45) is 5.73 Å². The number of hydrogen-bond donors (Lipinski definition) is 3. The van der Waals surface area contributed by atoms with Crippen LogP contribution in [0.15, 0.2) is 18.3 Å². The van der Waals surface area contributed by atoms with Gasteiger partial charge in [0, 0.05) is 13.1 Å². The highest BCUT2D eigenvalue weighted by Crippen LogP contribution is 2.19. The molecule has 8 heteroatoms. The van der Waals surface area contributed by atoms with Crippen LogP contribution in [0.1, 0.15) is 0 Å². The minimum atomic E-state index is -0.637. The number of nitro groups is 1. The van der Waals surface area contributed by atoms with E-state index in [0.717, 1.165) is 0 Å². The smallest absolute Gasteiger partial charge is 0.376 e. The van der Waals surface area contributed by atoms with Gasteiger partial charge in [-0.1, -0.05) is 0 Å². The molecular weight excluding hydrogens is 214 g/mol. The Morgan fingerprint density at radius 1 is 1.56 bits per heavy atom. The van der Waals surface area contributed by atoms with Gasteiger partial charge in [-0.05, 0) is 22.0 Å². The molecule has 4 N–H and O–H groups in total. The molecule has 0 radical (unpaired) electrons. The molecular formula is C8H11N5O3. The minimum absolute atomic E-state index is 0.249. The van der Waals surface area contributed by atoms with Crippen molar-refractivity contribution in [2.75, 3.05) is 18.4 Å². The molecule has 86 valence electrons. The van der Waals surface area contributed by atoms with Crippen molar-refractivity contribution in [3.05, 3.63) is 28.4 Å². The first kappa shape index (κ1) is 11.7. The van der Waals surface area contributed by atoms with Crippen LogP contribution in [0.2, 0.25) is 0 Å². The summed E-state index contributed by atoms with van der Waals surface area (Å²) >= 11 is 0. The fraction of sp³-hybridized carbons (Fsp3) is 0.250. The molecule has 1 aromatic rings. The van der Waals surface area contributed by atoms with Crippen LogP contribution in [-0.4, -0.2) is 29.0 Å². The van der Waals surface area contributed by atoms with Gasteiger partial charge in [0.25, 0.3) is 0 Å². The van der Waals surface area contributed by atoms with E-state index in [0.29, 0.717) is 12.2 Å². The van der Waals surface area contributed by atoms with Crippen molar-refractivity contribution in [1.29, 1.82) is 0 Å². The fourth-order valence-electron chi connectivity index (χ4n) is 1.06. The number of primary amides is 1. The normalized spacial score (nSPS) is 9.50. The Morgan fingerprint density at radius 2 is 2.31 bits per heavy atom. The molecule has 1 heterocycles. The Kier molecular flexibility index (Phi) is 4.01. The summed E-state index contributed by atoms with van der Waals surface area (Å²) in [6.07, 6.45) is 1.34. The quantitative estimate of drug-likeness (QED) is 0.371. The average molecular weight is 225 g/mol. The van der Waals surface area contributed by atoms with E-state index in [2.05, 4.69) is 15.6 Å². The number of nitrogens with zero attached hydrogens (tertiary/aromatic N) is 2. The summed E-state index contributed by atoms with van der Waals surface area (Å²) in [5.41, 5.74) is 5.16. The Morgan fingerprint density at radius 3 is 2.94 bits per heavy atom. The van der Waals surface area contributed by atoms with Crippen LogP contribution >= 0.6 is 0 Å². The van der Waals surface area contributed by atoms with Gasteiger partial charge in [0.2, 0.25) is 0 Å². The summed E-state index contributed by atoms with van der Waals surface area (Å²) in [5.74, 6) is -0.249. The first-order valence-corrected chi connectivity index (χ1v) is 4.48. The van der Waals surface area contributed by atoms with Gasteiger partial charge < -0.3 is 26.5 Å². The van der Waals surface area contributed by atoms with E-state index in [-0.39, 0.29) is 12.4 Å². The van der Waals surface area contributed by atoms with Crippen molar-refractivity contribution >= 4 is 17.5 Å². The molecule has 1 rings (SSSR count). The molecule has 0 spiro atoms. The Balaban J connectivity index is 2.53. The van der Waals surface area contributed by atoms with Gasteiger partial charge in [-0.3, -0.25) is 0 Å². The lowest BCUT2D eigenvalue weighted by atomic mass is 10.4. The fourth-order valence-corrected chi connectivity index (χ4v) is 1.06. The van der Waals surface area contributed by atoms with Gasteiger partial charge in [-0.15, -0.1) is 0 Å². The van der Waals surface area contributed by atoms with Gasteiger partial charge in [-0.25, -0.2) is 4.79 Å². The highest BCUT2D eigenvalue weighted by molar-refractivity contribution is 5.71. The van der Waals surface area contributed by atoms with E-state index >= 15 is 0 Å². The lowest BCUT2D eigenvalue weighted by Gasteiger charge is -2.06. The predicted molar refractivity (Wildman–Crippen MR) is 57.0 cm³/mol. The maximum Gasteiger partial charge on any atom is 0.386 e.